The summed E-state index contributed by atoms with van der Waals surface area (Å²) in [5.74, 6) is 1.57. The van der Waals surface area contributed by atoms with E-state index in [1.807, 2.05) is 17.8 Å². The fraction of sp³-hybridized carbons (Fsp3) is 0.500. The lowest BCUT2D eigenvalue weighted by atomic mass is 9.82. The third kappa shape index (κ3) is 6.15. The van der Waals surface area contributed by atoms with E-state index in [1.54, 1.807) is 6.20 Å². The Balaban J connectivity index is 1.26. The average Bonchev–Trinajstić information content (AvgIpc) is 3.25. The molecule has 6 nitrogen and oxygen atoms in total. The molecule has 2 heterocycles. The van der Waals surface area contributed by atoms with Gasteiger partial charge in [-0.05, 0) is 66.7 Å². The van der Waals surface area contributed by atoms with Gasteiger partial charge in [-0.3, -0.25) is 19.5 Å². The minimum atomic E-state index is -0.0862. The molecule has 1 N–H and O–H groups in total. The Morgan fingerprint density at radius 2 is 1.91 bits per heavy atom. The van der Waals surface area contributed by atoms with Gasteiger partial charge in [0.25, 0.3) is 5.91 Å². The molecule has 4 rings (SSSR count). The van der Waals surface area contributed by atoms with Gasteiger partial charge in [0.15, 0.2) is 0 Å². The predicted molar refractivity (Wildman–Crippen MR) is 130 cm³/mol. The number of hydrogen-bond acceptors (Lipinski definition) is 6. The number of rotatable bonds is 8. The first-order chi connectivity index (χ1) is 16.1. The molecule has 176 valence electrons. The number of pyridine rings is 1. The Kier molecular flexibility index (Phi) is 8.04. The first kappa shape index (κ1) is 23.8. The van der Waals surface area contributed by atoms with Gasteiger partial charge in [0.05, 0.1) is 24.3 Å². The number of esters is 1. The fourth-order valence-corrected chi connectivity index (χ4v) is 5.51. The van der Waals surface area contributed by atoms with Crippen LogP contribution in [0.2, 0.25) is 0 Å². The number of ether oxygens (including phenoxy) is 1. The number of amides is 1. The Hall–Kier alpha value is -2.38. The summed E-state index contributed by atoms with van der Waals surface area (Å²) in [4.78, 5) is 32.7. The Labute approximate surface area is 200 Å². The molecule has 1 aromatic heterocycles. The molecule has 0 spiro atoms. The van der Waals surface area contributed by atoms with Crippen molar-refractivity contribution < 1.29 is 14.3 Å². The van der Waals surface area contributed by atoms with Crippen molar-refractivity contribution >= 4 is 23.6 Å². The zero-order chi connectivity index (χ0) is 23.2. The van der Waals surface area contributed by atoms with Crippen molar-refractivity contribution in [2.24, 2.45) is 11.8 Å². The molecule has 1 aromatic carbocycles. The highest BCUT2D eigenvalue weighted by molar-refractivity contribution is 7.99. The summed E-state index contributed by atoms with van der Waals surface area (Å²) in [6.45, 7) is 5.32. The summed E-state index contributed by atoms with van der Waals surface area (Å²) in [7, 11) is 1.47. The van der Waals surface area contributed by atoms with Gasteiger partial charge in [-0.2, -0.15) is 0 Å². The second-order valence-electron chi connectivity index (χ2n) is 9.00. The van der Waals surface area contributed by atoms with Gasteiger partial charge in [-0.25, -0.2) is 0 Å². The van der Waals surface area contributed by atoms with Crippen LogP contribution in [0.3, 0.4) is 0 Å². The van der Waals surface area contributed by atoms with Crippen molar-refractivity contribution in [3.05, 3.63) is 58.9 Å². The van der Waals surface area contributed by atoms with Crippen LogP contribution in [0.1, 0.15) is 59.8 Å². The first-order valence-electron chi connectivity index (χ1n) is 11.8. The summed E-state index contributed by atoms with van der Waals surface area (Å²) in [6, 6.07) is 10.3. The summed E-state index contributed by atoms with van der Waals surface area (Å²) in [6.07, 6.45) is 5.65. The number of hydrogen-bond donors (Lipinski definition) is 1. The second kappa shape index (κ2) is 11.2. The lowest BCUT2D eigenvalue weighted by molar-refractivity contribution is -0.146. The van der Waals surface area contributed by atoms with Gasteiger partial charge in [-0.15, -0.1) is 11.8 Å². The number of thioether (sulfide) groups is 1. The first-order valence-corrected chi connectivity index (χ1v) is 12.8. The maximum Gasteiger partial charge on any atom is 0.308 e. The molecule has 1 fully saturated rings. The monoisotopic (exact) mass is 467 g/mol. The number of carbonyl (C=O) groups excluding carboxylic acids is 2. The predicted octanol–water partition coefficient (Wildman–Crippen LogP) is 4.42. The van der Waals surface area contributed by atoms with E-state index in [-0.39, 0.29) is 17.8 Å². The van der Waals surface area contributed by atoms with Crippen molar-refractivity contribution in [1.29, 1.82) is 0 Å². The smallest absolute Gasteiger partial charge is 0.308 e. The van der Waals surface area contributed by atoms with Gasteiger partial charge in [0.1, 0.15) is 0 Å². The van der Waals surface area contributed by atoms with E-state index in [2.05, 4.69) is 46.4 Å². The van der Waals surface area contributed by atoms with Crippen LogP contribution in [0, 0.1) is 11.8 Å². The zero-order valence-electron chi connectivity index (χ0n) is 19.5. The van der Waals surface area contributed by atoms with E-state index in [1.165, 1.54) is 12.0 Å². The van der Waals surface area contributed by atoms with Gasteiger partial charge >= 0.3 is 5.97 Å². The van der Waals surface area contributed by atoms with E-state index >= 15 is 0 Å². The summed E-state index contributed by atoms with van der Waals surface area (Å²) in [5, 5.41) is 3.02. The summed E-state index contributed by atoms with van der Waals surface area (Å²) >= 11 is 1.81. The van der Waals surface area contributed by atoms with E-state index in [9.17, 15) is 9.59 Å². The number of carbonyl (C=O) groups is 2. The molecular weight excluding hydrogens is 434 g/mol. The Bertz CT molecular complexity index is 971. The van der Waals surface area contributed by atoms with Crippen LogP contribution >= 0.6 is 11.8 Å². The van der Waals surface area contributed by atoms with Crippen LogP contribution in [0.4, 0.5) is 0 Å². The second-order valence-corrected chi connectivity index (χ2v) is 10.3. The molecular formula is C26H33N3O3S. The molecule has 0 radical (unpaired) electrons. The van der Waals surface area contributed by atoms with Crippen LogP contribution in [-0.4, -0.2) is 41.2 Å². The van der Waals surface area contributed by atoms with Crippen molar-refractivity contribution in [2.75, 3.05) is 19.4 Å². The third-order valence-electron chi connectivity index (χ3n) is 6.67. The van der Waals surface area contributed by atoms with Gasteiger partial charge in [0, 0.05) is 37.3 Å². The van der Waals surface area contributed by atoms with E-state index < -0.39 is 0 Å². The normalized spacial score (nSPS) is 20.3. The number of benzene rings is 1. The van der Waals surface area contributed by atoms with Crippen LogP contribution in [0.5, 0.6) is 0 Å². The molecule has 0 atom stereocenters. The SMILES string of the molecule is CCSc1ccc(CNC(=O)c2cnc3c(c2)CN(CC2CCC(C(=O)OC)CC2)C3)cc1. The number of aromatic nitrogens is 1. The standard InChI is InChI=1S/C26H33N3O3S/c1-3-33-23-10-6-18(7-11-23)13-28-25(30)21-12-22-16-29(17-24(22)27-14-21)15-19-4-8-20(9-5-19)26(31)32-2/h6-7,10-12,14,19-20H,3-5,8-9,13,15-17H2,1-2H3,(H,28,30). The number of methoxy groups -OCH3 is 1. The van der Waals surface area contributed by atoms with E-state index in [4.69, 9.17) is 4.74 Å². The number of nitrogens with zero attached hydrogens (tertiary/aromatic N) is 2. The molecule has 1 aliphatic carbocycles. The van der Waals surface area contributed by atoms with Crippen LogP contribution in [-0.2, 0) is 29.2 Å². The molecule has 0 saturated heterocycles. The van der Waals surface area contributed by atoms with Crippen molar-refractivity contribution in [3.63, 3.8) is 0 Å². The van der Waals surface area contributed by atoms with Crippen molar-refractivity contribution in [1.82, 2.24) is 15.2 Å². The minimum absolute atomic E-state index is 0.0652. The van der Waals surface area contributed by atoms with Crippen molar-refractivity contribution in [3.8, 4) is 0 Å². The third-order valence-corrected chi connectivity index (χ3v) is 7.57. The molecule has 7 heteroatoms. The highest BCUT2D eigenvalue weighted by Gasteiger charge is 2.30. The van der Waals surface area contributed by atoms with Gasteiger partial charge in [-0.1, -0.05) is 19.1 Å². The average molecular weight is 468 g/mol. The van der Waals surface area contributed by atoms with Gasteiger partial charge in [0.2, 0.25) is 0 Å². The Morgan fingerprint density at radius 1 is 1.15 bits per heavy atom. The largest absolute Gasteiger partial charge is 0.469 e. The maximum absolute atomic E-state index is 12.7. The highest BCUT2D eigenvalue weighted by atomic mass is 32.2. The van der Waals surface area contributed by atoms with E-state index in [0.717, 1.165) is 67.9 Å². The van der Waals surface area contributed by atoms with Crippen LogP contribution in [0.25, 0.3) is 0 Å². The molecule has 1 aliphatic heterocycles. The van der Waals surface area contributed by atoms with Crippen LogP contribution in [0.15, 0.2) is 41.4 Å². The molecule has 33 heavy (non-hydrogen) atoms. The van der Waals surface area contributed by atoms with Crippen molar-refractivity contribution in [2.45, 2.75) is 57.1 Å². The summed E-state index contributed by atoms with van der Waals surface area (Å²) in [5.41, 5.74) is 3.92. The fourth-order valence-electron chi connectivity index (χ4n) is 4.85. The molecule has 2 aliphatic rings. The highest BCUT2D eigenvalue weighted by Crippen LogP contribution is 2.32. The van der Waals surface area contributed by atoms with Crippen LogP contribution < -0.4 is 5.32 Å². The Morgan fingerprint density at radius 3 is 2.61 bits per heavy atom. The molecule has 1 saturated carbocycles. The molecule has 0 bridgehead atoms. The topological polar surface area (TPSA) is 71.5 Å². The maximum atomic E-state index is 12.7. The number of fused-ring (bicyclic) bond motifs is 1. The van der Waals surface area contributed by atoms with E-state index in [0.29, 0.717) is 18.0 Å². The quantitative estimate of drug-likeness (QED) is 0.458. The summed E-state index contributed by atoms with van der Waals surface area (Å²) < 4.78 is 4.90. The molecule has 1 amide bonds. The molecule has 0 unspecified atom stereocenters. The van der Waals surface area contributed by atoms with Gasteiger partial charge < -0.3 is 10.1 Å². The number of nitrogens with one attached hydrogen (secondary N) is 1. The minimum Gasteiger partial charge on any atom is -0.469 e. The zero-order valence-corrected chi connectivity index (χ0v) is 20.3. The lowest BCUT2D eigenvalue weighted by Gasteiger charge is -2.29. The molecule has 2 aromatic rings. The lowest BCUT2D eigenvalue weighted by Crippen LogP contribution is -2.30.